The van der Waals surface area contributed by atoms with Gasteiger partial charge in [-0.2, -0.15) is 0 Å². The molecule has 0 spiro atoms. The second-order valence-electron chi connectivity index (χ2n) is 6.38. The van der Waals surface area contributed by atoms with Gasteiger partial charge < -0.3 is 14.7 Å². The summed E-state index contributed by atoms with van der Waals surface area (Å²) in [6, 6.07) is 8.57. The van der Waals surface area contributed by atoms with Crippen molar-refractivity contribution in [2.75, 3.05) is 45.5 Å². The molecule has 6 nitrogen and oxygen atoms in total. The molecule has 1 aromatic carbocycles. The highest BCUT2D eigenvalue weighted by Gasteiger charge is 2.20. The van der Waals surface area contributed by atoms with Gasteiger partial charge in [0.25, 0.3) is 0 Å². The lowest BCUT2D eigenvalue weighted by atomic mass is 10.3. The maximum atomic E-state index is 12.9. The SMILES string of the molecule is CN=C(NCCCSc1ccc(F)cc1)N1CCN(Cc2ccon2)CC1. The third-order valence-corrected chi connectivity index (χ3v) is 5.55. The lowest BCUT2D eigenvalue weighted by Gasteiger charge is -2.36. The maximum absolute atomic E-state index is 12.9. The van der Waals surface area contributed by atoms with E-state index in [1.807, 2.05) is 25.2 Å². The zero-order valence-electron chi connectivity index (χ0n) is 15.6. The van der Waals surface area contributed by atoms with Gasteiger partial charge in [-0.15, -0.1) is 11.8 Å². The molecule has 146 valence electrons. The summed E-state index contributed by atoms with van der Waals surface area (Å²) in [6.07, 6.45) is 2.64. The molecule has 3 rings (SSSR count). The highest BCUT2D eigenvalue weighted by atomic mass is 32.2. The average Bonchev–Trinajstić information content (AvgIpc) is 3.20. The van der Waals surface area contributed by atoms with E-state index in [0.29, 0.717) is 0 Å². The molecular weight excluding hydrogens is 365 g/mol. The molecule has 1 aromatic heterocycles. The monoisotopic (exact) mass is 391 g/mol. The Morgan fingerprint density at radius 1 is 1.22 bits per heavy atom. The van der Waals surface area contributed by atoms with Crippen molar-refractivity contribution in [2.24, 2.45) is 4.99 Å². The molecule has 1 N–H and O–H groups in total. The highest BCUT2D eigenvalue weighted by molar-refractivity contribution is 7.99. The average molecular weight is 392 g/mol. The van der Waals surface area contributed by atoms with Gasteiger partial charge in [-0.1, -0.05) is 5.16 Å². The van der Waals surface area contributed by atoms with Crippen LogP contribution in [0.15, 0.2) is 51.0 Å². The van der Waals surface area contributed by atoms with E-state index >= 15 is 0 Å². The van der Waals surface area contributed by atoms with Crippen LogP contribution in [-0.4, -0.2) is 66.4 Å². The summed E-state index contributed by atoms with van der Waals surface area (Å²) in [5.41, 5.74) is 0.976. The summed E-state index contributed by atoms with van der Waals surface area (Å²) < 4.78 is 17.8. The van der Waals surface area contributed by atoms with Crippen LogP contribution in [0.2, 0.25) is 0 Å². The Hall–Kier alpha value is -2.06. The molecule has 0 aliphatic carbocycles. The summed E-state index contributed by atoms with van der Waals surface area (Å²) in [5.74, 6) is 1.76. The second-order valence-corrected chi connectivity index (χ2v) is 7.55. The number of aliphatic imine (C=N–C) groups is 1. The van der Waals surface area contributed by atoms with E-state index in [1.54, 1.807) is 18.0 Å². The molecule has 2 heterocycles. The smallest absolute Gasteiger partial charge is 0.193 e. The van der Waals surface area contributed by atoms with Crippen molar-refractivity contribution >= 4 is 17.7 Å². The Kier molecular flexibility index (Phi) is 7.53. The Balaban J connectivity index is 1.32. The van der Waals surface area contributed by atoms with E-state index in [2.05, 4.69) is 25.3 Å². The van der Waals surface area contributed by atoms with Gasteiger partial charge in [-0.25, -0.2) is 4.39 Å². The first kappa shape index (κ1) is 19.7. The molecule has 0 radical (unpaired) electrons. The minimum Gasteiger partial charge on any atom is -0.364 e. The molecule has 1 aliphatic rings. The third-order valence-electron chi connectivity index (χ3n) is 4.45. The van der Waals surface area contributed by atoms with Crippen LogP contribution in [0.3, 0.4) is 0 Å². The van der Waals surface area contributed by atoms with Crippen molar-refractivity contribution in [2.45, 2.75) is 17.9 Å². The molecule has 1 aliphatic heterocycles. The van der Waals surface area contributed by atoms with Crippen molar-refractivity contribution in [3.8, 4) is 0 Å². The first-order valence-corrected chi connectivity index (χ1v) is 10.2. The molecule has 1 saturated heterocycles. The molecular formula is C19H26FN5OS. The summed E-state index contributed by atoms with van der Waals surface area (Å²) >= 11 is 1.75. The van der Waals surface area contributed by atoms with Gasteiger partial charge in [-0.05, 0) is 36.4 Å². The van der Waals surface area contributed by atoms with E-state index in [1.165, 1.54) is 12.1 Å². The number of nitrogens with zero attached hydrogens (tertiary/aromatic N) is 4. The number of piperazine rings is 1. The van der Waals surface area contributed by atoms with Crippen LogP contribution in [0.4, 0.5) is 4.39 Å². The van der Waals surface area contributed by atoms with E-state index in [-0.39, 0.29) is 5.82 Å². The third kappa shape index (κ3) is 6.25. The Bertz CT molecular complexity index is 699. The Morgan fingerprint density at radius 3 is 2.67 bits per heavy atom. The number of hydrogen-bond acceptors (Lipinski definition) is 5. The van der Waals surface area contributed by atoms with Crippen LogP contribution in [0.25, 0.3) is 0 Å². The molecule has 1 fully saturated rings. The van der Waals surface area contributed by atoms with Gasteiger partial charge in [0.1, 0.15) is 12.1 Å². The summed E-state index contributed by atoms with van der Waals surface area (Å²) in [7, 11) is 1.83. The van der Waals surface area contributed by atoms with Gasteiger partial charge >= 0.3 is 0 Å². The van der Waals surface area contributed by atoms with Crippen LogP contribution < -0.4 is 5.32 Å². The van der Waals surface area contributed by atoms with Crippen molar-refractivity contribution in [1.82, 2.24) is 20.3 Å². The number of nitrogens with one attached hydrogen (secondary N) is 1. The van der Waals surface area contributed by atoms with Gasteiger partial charge in [0.15, 0.2) is 5.96 Å². The molecule has 0 unspecified atom stereocenters. The van der Waals surface area contributed by atoms with Crippen molar-refractivity contribution < 1.29 is 8.91 Å². The number of benzene rings is 1. The fraction of sp³-hybridized carbons (Fsp3) is 0.474. The predicted octanol–water partition coefficient (Wildman–Crippen LogP) is 2.69. The standard InChI is InChI=1S/C19H26FN5OS/c1-21-19(22-8-2-14-27-18-5-3-16(20)4-6-18)25-11-9-24(10-12-25)15-17-7-13-26-23-17/h3-7,13H,2,8-12,14-15H2,1H3,(H,21,22). The molecule has 0 saturated carbocycles. The van der Waals surface area contributed by atoms with E-state index in [9.17, 15) is 4.39 Å². The number of hydrogen-bond donors (Lipinski definition) is 1. The maximum Gasteiger partial charge on any atom is 0.193 e. The molecule has 0 bridgehead atoms. The van der Waals surface area contributed by atoms with Gasteiger partial charge in [0.05, 0.1) is 5.69 Å². The molecule has 0 atom stereocenters. The number of thioether (sulfide) groups is 1. The number of guanidine groups is 1. The van der Waals surface area contributed by atoms with Gasteiger partial charge in [0.2, 0.25) is 0 Å². The van der Waals surface area contributed by atoms with Gasteiger partial charge in [0, 0.05) is 57.3 Å². The zero-order valence-corrected chi connectivity index (χ0v) is 16.4. The summed E-state index contributed by atoms with van der Waals surface area (Å²) in [5, 5.41) is 7.43. The molecule has 2 aromatic rings. The Morgan fingerprint density at radius 2 is 2.00 bits per heavy atom. The quantitative estimate of drug-likeness (QED) is 0.339. The van der Waals surface area contributed by atoms with Crippen LogP contribution in [0.5, 0.6) is 0 Å². The minimum atomic E-state index is -0.189. The second kappa shape index (κ2) is 10.3. The fourth-order valence-electron chi connectivity index (χ4n) is 2.99. The normalized spacial score (nSPS) is 15.9. The van der Waals surface area contributed by atoms with Crippen LogP contribution in [0, 0.1) is 5.82 Å². The van der Waals surface area contributed by atoms with Crippen LogP contribution in [0.1, 0.15) is 12.1 Å². The van der Waals surface area contributed by atoms with Crippen molar-refractivity contribution in [1.29, 1.82) is 0 Å². The molecule has 27 heavy (non-hydrogen) atoms. The minimum absolute atomic E-state index is 0.189. The lowest BCUT2D eigenvalue weighted by Crippen LogP contribution is -2.52. The summed E-state index contributed by atoms with van der Waals surface area (Å²) in [4.78, 5) is 10.2. The number of rotatable bonds is 7. The fourth-order valence-corrected chi connectivity index (χ4v) is 3.84. The topological polar surface area (TPSA) is 56.9 Å². The van der Waals surface area contributed by atoms with E-state index in [4.69, 9.17) is 4.52 Å². The molecule has 8 heteroatoms. The largest absolute Gasteiger partial charge is 0.364 e. The van der Waals surface area contributed by atoms with E-state index < -0.39 is 0 Å². The number of halogens is 1. The summed E-state index contributed by atoms with van der Waals surface area (Å²) in [6.45, 7) is 5.56. The first-order valence-electron chi connectivity index (χ1n) is 9.20. The Labute approximate surface area is 163 Å². The van der Waals surface area contributed by atoms with Crippen LogP contribution in [-0.2, 0) is 6.54 Å². The predicted molar refractivity (Wildman–Crippen MR) is 106 cm³/mol. The van der Waals surface area contributed by atoms with Crippen molar-refractivity contribution in [3.63, 3.8) is 0 Å². The van der Waals surface area contributed by atoms with Gasteiger partial charge in [-0.3, -0.25) is 9.89 Å². The lowest BCUT2D eigenvalue weighted by molar-refractivity contribution is 0.169. The van der Waals surface area contributed by atoms with E-state index in [0.717, 1.165) is 68.0 Å². The van der Waals surface area contributed by atoms with Crippen molar-refractivity contribution in [3.05, 3.63) is 48.1 Å². The van der Waals surface area contributed by atoms with Crippen LogP contribution >= 0.6 is 11.8 Å². The highest BCUT2D eigenvalue weighted by Crippen LogP contribution is 2.18. The number of aromatic nitrogens is 1. The first-order chi connectivity index (χ1) is 13.2. The zero-order chi connectivity index (χ0) is 18.9. The molecule has 0 amide bonds.